The summed E-state index contributed by atoms with van der Waals surface area (Å²) in [6.07, 6.45) is 2.53. The van der Waals surface area contributed by atoms with Crippen LogP contribution in [0.5, 0.6) is 0 Å². The minimum Gasteiger partial charge on any atom is -0.314 e. The molecule has 15 heavy (non-hydrogen) atoms. The van der Waals surface area contributed by atoms with E-state index in [1.54, 1.807) is 11.1 Å². The molecule has 0 bridgehead atoms. The Balaban J connectivity index is 2.41. The first-order chi connectivity index (χ1) is 7.06. The van der Waals surface area contributed by atoms with Crippen LogP contribution < -0.4 is 5.32 Å². The minimum absolute atomic E-state index is 0.207. The maximum Gasteiger partial charge on any atom is 0.0190 e. The highest BCUT2D eigenvalue weighted by molar-refractivity contribution is 5.42. The Bertz CT molecular complexity index is 366. The molecule has 1 aliphatic rings. The van der Waals surface area contributed by atoms with Gasteiger partial charge < -0.3 is 5.32 Å². The van der Waals surface area contributed by atoms with Crippen molar-refractivity contribution in [1.82, 2.24) is 5.32 Å². The number of nitrogens with one attached hydrogen (secondary N) is 1. The van der Waals surface area contributed by atoms with E-state index in [4.69, 9.17) is 0 Å². The quantitative estimate of drug-likeness (QED) is 0.779. The molecule has 0 saturated carbocycles. The van der Waals surface area contributed by atoms with E-state index in [-0.39, 0.29) is 5.54 Å². The molecule has 1 heteroatoms. The summed E-state index contributed by atoms with van der Waals surface area (Å²) in [5, 5.41) is 3.44. The monoisotopic (exact) mass is 203 g/mol. The van der Waals surface area contributed by atoms with Gasteiger partial charge in [0.15, 0.2) is 0 Å². The molecule has 1 atom stereocenters. The molecule has 2 rings (SSSR count). The lowest BCUT2D eigenvalue weighted by Gasteiger charge is -2.32. The van der Waals surface area contributed by atoms with E-state index in [1.807, 2.05) is 0 Å². The van der Waals surface area contributed by atoms with E-state index in [9.17, 15) is 0 Å². The van der Waals surface area contributed by atoms with Gasteiger partial charge in [0.1, 0.15) is 0 Å². The number of fused-ring (bicyclic) bond motifs is 1. The van der Waals surface area contributed by atoms with Crippen molar-refractivity contribution in [2.24, 2.45) is 0 Å². The topological polar surface area (TPSA) is 12.0 Å². The molecular formula is C14H21N. The molecule has 0 spiro atoms. The Hall–Kier alpha value is -0.820. The average Bonchev–Trinajstić information content (AvgIpc) is 2.63. The Morgan fingerprint density at radius 3 is 2.73 bits per heavy atom. The fourth-order valence-electron chi connectivity index (χ4n) is 2.76. The van der Waals surface area contributed by atoms with Crippen LogP contribution in [-0.2, 0) is 6.42 Å². The molecule has 82 valence electrons. The van der Waals surface area contributed by atoms with Gasteiger partial charge in [-0.2, -0.15) is 0 Å². The number of benzene rings is 1. The van der Waals surface area contributed by atoms with Gasteiger partial charge in [-0.25, -0.2) is 0 Å². The summed E-state index contributed by atoms with van der Waals surface area (Å²) in [5.74, 6) is 0.664. The maximum atomic E-state index is 3.44. The van der Waals surface area contributed by atoms with E-state index in [0.29, 0.717) is 5.92 Å². The van der Waals surface area contributed by atoms with E-state index in [2.05, 4.69) is 51.3 Å². The molecule has 1 nitrogen and oxygen atoms in total. The zero-order valence-electron chi connectivity index (χ0n) is 10.2. The molecule has 1 aromatic rings. The molecule has 1 aliphatic carbocycles. The van der Waals surface area contributed by atoms with Crippen LogP contribution in [0.25, 0.3) is 0 Å². The van der Waals surface area contributed by atoms with E-state index >= 15 is 0 Å². The molecule has 0 aliphatic heterocycles. The lowest BCUT2D eigenvalue weighted by Crippen LogP contribution is -2.41. The molecule has 1 aromatic carbocycles. The first kappa shape index (κ1) is 10.7. The van der Waals surface area contributed by atoms with Crippen LogP contribution in [0, 0.1) is 6.92 Å². The third-order valence-electron chi connectivity index (χ3n) is 4.02. The third kappa shape index (κ3) is 1.69. The number of hydrogen-bond donors (Lipinski definition) is 1. The number of aryl methyl sites for hydroxylation is 1. The van der Waals surface area contributed by atoms with Crippen molar-refractivity contribution in [1.29, 1.82) is 0 Å². The van der Waals surface area contributed by atoms with Gasteiger partial charge in [0.2, 0.25) is 0 Å². The first-order valence-corrected chi connectivity index (χ1v) is 5.83. The molecule has 1 unspecified atom stereocenters. The lowest BCUT2D eigenvalue weighted by atomic mass is 9.83. The number of likely N-dealkylation sites (N-methyl/N-ethyl adjacent to an activating group) is 1. The smallest absolute Gasteiger partial charge is 0.0190 e. The Morgan fingerprint density at radius 1 is 1.33 bits per heavy atom. The summed E-state index contributed by atoms with van der Waals surface area (Å²) in [7, 11) is 2.06. The third-order valence-corrected chi connectivity index (χ3v) is 4.02. The number of rotatable bonds is 2. The Labute approximate surface area is 92.9 Å². The van der Waals surface area contributed by atoms with Gasteiger partial charge in [0, 0.05) is 11.5 Å². The highest BCUT2D eigenvalue weighted by Gasteiger charge is 2.34. The van der Waals surface area contributed by atoms with Gasteiger partial charge in [0.25, 0.3) is 0 Å². The van der Waals surface area contributed by atoms with Crippen LogP contribution in [-0.4, -0.2) is 12.6 Å². The first-order valence-electron chi connectivity index (χ1n) is 5.83. The van der Waals surface area contributed by atoms with Crippen LogP contribution in [0.15, 0.2) is 18.2 Å². The SMILES string of the molecule is CNC(C)(C)C1CCc2c(C)cccc21. The Morgan fingerprint density at radius 2 is 2.07 bits per heavy atom. The Kier molecular flexibility index (Phi) is 2.59. The van der Waals surface area contributed by atoms with Gasteiger partial charge >= 0.3 is 0 Å². The van der Waals surface area contributed by atoms with Gasteiger partial charge in [-0.05, 0) is 57.4 Å². The predicted octanol–water partition coefficient (Wildman–Crippen LogP) is 3.02. The van der Waals surface area contributed by atoms with Crippen LogP contribution in [0.1, 0.15) is 42.9 Å². The molecular weight excluding hydrogens is 182 g/mol. The minimum atomic E-state index is 0.207. The fourth-order valence-corrected chi connectivity index (χ4v) is 2.76. The largest absolute Gasteiger partial charge is 0.314 e. The second-order valence-electron chi connectivity index (χ2n) is 5.21. The van der Waals surface area contributed by atoms with Crippen molar-refractivity contribution in [3.05, 3.63) is 34.9 Å². The predicted molar refractivity (Wildman–Crippen MR) is 65.4 cm³/mol. The summed E-state index contributed by atoms with van der Waals surface area (Å²) in [5.41, 5.74) is 4.82. The van der Waals surface area contributed by atoms with Crippen molar-refractivity contribution < 1.29 is 0 Å². The molecule has 0 fully saturated rings. The zero-order valence-corrected chi connectivity index (χ0v) is 10.2. The summed E-state index contributed by atoms with van der Waals surface area (Å²) in [4.78, 5) is 0. The van der Waals surface area contributed by atoms with Crippen molar-refractivity contribution >= 4 is 0 Å². The summed E-state index contributed by atoms with van der Waals surface area (Å²) in [6.45, 7) is 6.83. The van der Waals surface area contributed by atoms with E-state index in [1.165, 1.54) is 18.4 Å². The normalized spacial score (nSPS) is 20.4. The summed E-state index contributed by atoms with van der Waals surface area (Å²) < 4.78 is 0. The van der Waals surface area contributed by atoms with Crippen molar-refractivity contribution in [2.75, 3.05) is 7.05 Å². The van der Waals surface area contributed by atoms with Crippen LogP contribution >= 0.6 is 0 Å². The molecule has 0 saturated heterocycles. The van der Waals surface area contributed by atoms with Gasteiger partial charge in [-0.1, -0.05) is 18.2 Å². The van der Waals surface area contributed by atoms with E-state index < -0.39 is 0 Å². The highest BCUT2D eigenvalue weighted by Crippen LogP contribution is 2.41. The van der Waals surface area contributed by atoms with Gasteiger partial charge in [-0.15, -0.1) is 0 Å². The second-order valence-corrected chi connectivity index (χ2v) is 5.21. The van der Waals surface area contributed by atoms with Gasteiger partial charge in [0.05, 0.1) is 0 Å². The average molecular weight is 203 g/mol. The summed E-state index contributed by atoms with van der Waals surface area (Å²) in [6, 6.07) is 6.73. The van der Waals surface area contributed by atoms with Crippen LogP contribution in [0.4, 0.5) is 0 Å². The molecule has 0 aromatic heterocycles. The van der Waals surface area contributed by atoms with E-state index in [0.717, 1.165) is 0 Å². The maximum absolute atomic E-state index is 3.44. The molecule has 0 heterocycles. The summed E-state index contributed by atoms with van der Waals surface area (Å²) >= 11 is 0. The van der Waals surface area contributed by atoms with Crippen LogP contribution in [0.2, 0.25) is 0 Å². The zero-order chi connectivity index (χ0) is 11.1. The van der Waals surface area contributed by atoms with Crippen molar-refractivity contribution in [3.63, 3.8) is 0 Å². The highest BCUT2D eigenvalue weighted by atomic mass is 14.9. The second kappa shape index (κ2) is 3.64. The standard InChI is InChI=1S/C14H21N/c1-10-6-5-7-12-11(10)8-9-13(12)14(2,3)15-4/h5-7,13,15H,8-9H2,1-4H3. The van der Waals surface area contributed by atoms with Gasteiger partial charge in [-0.3, -0.25) is 0 Å². The molecule has 1 N–H and O–H groups in total. The fraction of sp³-hybridized carbons (Fsp3) is 0.571. The van der Waals surface area contributed by atoms with Crippen molar-refractivity contribution in [3.8, 4) is 0 Å². The van der Waals surface area contributed by atoms with Crippen molar-refractivity contribution in [2.45, 2.75) is 45.1 Å². The number of hydrogen-bond acceptors (Lipinski definition) is 1. The lowest BCUT2D eigenvalue weighted by molar-refractivity contribution is 0.341. The molecule has 0 radical (unpaired) electrons. The molecule has 0 amide bonds. The van der Waals surface area contributed by atoms with Crippen LogP contribution in [0.3, 0.4) is 0 Å².